The zero-order chi connectivity index (χ0) is 33.8. The van der Waals surface area contributed by atoms with Crippen LogP contribution in [0.4, 0.5) is 0 Å². The lowest BCUT2D eigenvalue weighted by atomic mass is 9.69. The van der Waals surface area contributed by atoms with Crippen LogP contribution in [0.2, 0.25) is 0 Å². The molecule has 1 atom stereocenters. The lowest BCUT2D eigenvalue weighted by Crippen LogP contribution is -2.26. The van der Waals surface area contributed by atoms with E-state index in [2.05, 4.69) is 159 Å². The van der Waals surface area contributed by atoms with E-state index in [0.29, 0.717) is 0 Å². The molecular formula is C46H34N4. The van der Waals surface area contributed by atoms with Crippen LogP contribution in [0.25, 0.3) is 66.1 Å². The van der Waals surface area contributed by atoms with Gasteiger partial charge in [-0.05, 0) is 61.7 Å². The SMILES string of the molecule is Cc1ccc2ccc3ccc(-c4ccc(C(C)(c5ccccc5)c5ccccc5-c5ccc6ccc7ccc(C)nc7c6n5)cc4)nc3c2n1. The van der Waals surface area contributed by atoms with Crippen LogP contribution >= 0.6 is 0 Å². The second kappa shape index (κ2) is 11.7. The predicted molar refractivity (Wildman–Crippen MR) is 206 cm³/mol. The van der Waals surface area contributed by atoms with Gasteiger partial charge < -0.3 is 0 Å². The Morgan fingerprint density at radius 1 is 0.380 bits per heavy atom. The first-order valence-corrected chi connectivity index (χ1v) is 17.1. The van der Waals surface area contributed by atoms with E-state index in [1.165, 1.54) is 16.7 Å². The van der Waals surface area contributed by atoms with Crippen LogP contribution in [-0.4, -0.2) is 19.9 Å². The van der Waals surface area contributed by atoms with Gasteiger partial charge in [-0.1, -0.05) is 127 Å². The number of hydrogen-bond acceptors (Lipinski definition) is 4. The summed E-state index contributed by atoms with van der Waals surface area (Å²) in [5, 5.41) is 4.36. The highest BCUT2D eigenvalue weighted by Crippen LogP contribution is 2.44. The molecule has 9 rings (SSSR count). The van der Waals surface area contributed by atoms with Crippen molar-refractivity contribution in [3.05, 3.63) is 180 Å². The standard InChI is InChI=1S/C46H34N4/c1-29-13-15-32-17-19-34-23-27-40(49-44(34)42(32)47-29)31-21-25-37(26-22-31)46(3,36-9-5-4-6-10-36)39-12-8-7-11-38(39)41-28-24-35-20-18-33-16-14-30(2)48-43(33)45(35)50-41/h4-28H,1-3H3. The van der Waals surface area contributed by atoms with Crippen LogP contribution in [-0.2, 0) is 5.41 Å². The minimum atomic E-state index is -0.477. The van der Waals surface area contributed by atoms with Crippen molar-refractivity contribution >= 4 is 43.6 Å². The molecule has 0 aliphatic rings. The monoisotopic (exact) mass is 642 g/mol. The quantitative estimate of drug-likeness (QED) is 0.138. The van der Waals surface area contributed by atoms with E-state index >= 15 is 0 Å². The molecule has 4 aromatic heterocycles. The summed E-state index contributed by atoms with van der Waals surface area (Å²) in [4.78, 5) is 20.2. The van der Waals surface area contributed by atoms with E-state index in [1.807, 2.05) is 13.8 Å². The number of benzene rings is 5. The Morgan fingerprint density at radius 2 is 0.820 bits per heavy atom. The maximum atomic E-state index is 5.31. The zero-order valence-corrected chi connectivity index (χ0v) is 28.2. The van der Waals surface area contributed by atoms with E-state index < -0.39 is 5.41 Å². The molecule has 0 fully saturated rings. The van der Waals surface area contributed by atoms with E-state index in [-0.39, 0.29) is 0 Å². The molecule has 0 radical (unpaired) electrons. The van der Waals surface area contributed by atoms with Crippen LogP contribution in [0.15, 0.2) is 152 Å². The number of fused-ring (bicyclic) bond motifs is 6. The van der Waals surface area contributed by atoms with Crippen LogP contribution in [0.5, 0.6) is 0 Å². The fourth-order valence-corrected chi connectivity index (χ4v) is 7.41. The van der Waals surface area contributed by atoms with Crippen molar-refractivity contribution in [1.82, 2.24) is 19.9 Å². The van der Waals surface area contributed by atoms with Gasteiger partial charge in [0.15, 0.2) is 0 Å². The van der Waals surface area contributed by atoms with Crippen LogP contribution in [0, 0.1) is 13.8 Å². The lowest BCUT2D eigenvalue weighted by Gasteiger charge is -2.34. The molecule has 4 heterocycles. The number of hydrogen-bond donors (Lipinski definition) is 0. The molecule has 0 bridgehead atoms. The van der Waals surface area contributed by atoms with Crippen molar-refractivity contribution in [1.29, 1.82) is 0 Å². The third kappa shape index (κ3) is 4.91. The summed E-state index contributed by atoms with van der Waals surface area (Å²) >= 11 is 0. The predicted octanol–water partition coefficient (Wildman–Crippen LogP) is 11.2. The third-order valence-electron chi connectivity index (χ3n) is 10.2. The van der Waals surface area contributed by atoms with Gasteiger partial charge in [-0.15, -0.1) is 0 Å². The number of aromatic nitrogens is 4. The van der Waals surface area contributed by atoms with Crippen LogP contribution in [0.3, 0.4) is 0 Å². The molecule has 4 heteroatoms. The maximum Gasteiger partial charge on any atom is 0.0972 e. The summed E-state index contributed by atoms with van der Waals surface area (Å²) in [6.45, 7) is 6.38. The fourth-order valence-electron chi connectivity index (χ4n) is 7.41. The van der Waals surface area contributed by atoms with Gasteiger partial charge in [0.05, 0.1) is 33.5 Å². The summed E-state index contributed by atoms with van der Waals surface area (Å²) < 4.78 is 0. The fraction of sp³-hybridized carbons (Fsp3) is 0.0870. The van der Waals surface area contributed by atoms with Crippen molar-refractivity contribution < 1.29 is 0 Å². The largest absolute Gasteiger partial charge is 0.251 e. The molecule has 0 aliphatic carbocycles. The van der Waals surface area contributed by atoms with Crippen molar-refractivity contribution in [2.45, 2.75) is 26.2 Å². The number of nitrogens with zero attached hydrogens (tertiary/aromatic N) is 4. The summed E-state index contributed by atoms with van der Waals surface area (Å²) in [5.41, 5.74) is 12.8. The molecule has 0 spiro atoms. The highest BCUT2D eigenvalue weighted by atomic mass is 14.8. The second-order valence-corrected chi connectivity index (χ2v) is 13.3. The number of rotatable bonds is 5. The summed E-state index contributed by atoms with van der Waals surface area (Å²) in [7, 11) is 0. The highest BCUT2D eigenvalue weighted by molar-refractivity contribution is 6.04. The first kappa shape index (κ1) is 29.8. The molecule has 1 unspecified atom stereocenters. The summed E-state index contributed by atoms with van der Waals surface area (Å²) in [5.74, 6) is 0. The minimum absolute atomic E-state index is 0.477. The zero-order valence-electron chi connectivity index (χ0n) is 28.2. The molecule has 0 saturated carbocycles. The first-order valence-electron chi connectivity index (χ1n) is 17.1. The minimum Gasteiger partial charge on any atom is -0.251 e. The topological polar surface area (TPSA) is 51.6 Å². The summed E-state index contributed by atoms with van der Waals surface area (Å²) in [6, 6.07) is 53.8. The molecular weight excluding hydrogens is 609 g/mol. The Labute approximate surface area is 291 Å². The van der Waals surface area contributed by atoms with Crippen molar-refractivity contribution in [2.24, 2.45) is 0 Å². The molecule has 0 N–H and O–H groups in total. The average molecular weight is 643 g/mol. The Morgan fingerprint density at radius 3 is 1.42 bits per heavy atom. The van der Waals surface area contributed by atoms with Gasteiger partial charge in [0.1, 0.15) is 0 Å². The van der Waals surface area contributed by atoms with Crippen LogP contribution < -0.4 is 0 Å². The van der Waals surface area contributed by atoms with Gasteiger partial charge >= 0.3 is 0 Å². The van der Waals surface area contributed by atoms with Crippen LogP contribution in [0.1, 0.15) is 35.0 Å². The second-order valence-electron chi connectivity index (χ2n) is 13.3. The van der Waals surface area contributed by atoms with Crippen molar-refractivity contribution in [2.75, 3.05) is 0 Å². The molecule has 0 aliphatic heterocycles. The Kier molecular flexibility index (Phi) is 6.99. The van der Waals surface area contributed by atoms with Gasteiger partial charge in [0.25, 0.3) is 0 Å². The third-order valence-corrected chi connectivity index (χ3v) is 10.2. The lowest BCUT2D eigenvalue weighted by molar-refractivity contribution is 0.694. The van der Waals surface area contributed by atoms with Gasteiger partial charge in [0.2, 0.25) is 0 Å². The number of aryl methyl sites for hydroxylation is 2. The van der Waals surface area contributed by atoms with Gasteiger partial charge in [-0.25, -0.2) is 9.97 Å². The molecule has 238 valence electrons. The normalized spacial score (nSPS) is 12.9. The van der Waals surface area contributed by atoms with E-state index in [0.717, 1.165) is 77.5 Å². The van der Waals surface area contributed by atoms with E-state index in [9.17, 15) is 0 Å². The van der Waals surface area contributed by atoms with Crippen molar-refractivity contribution in [3.8, 4) is 22.5 Å². The smallest absolute Gasteiger partial charge is 0.0972 e. The molecule has 5 aromatic carbocycles. The Bertz CT molecular complexity index is 2740. The Hall–Kier alpha value is -6.26. The maximum absolute atomic E-state index is 5.31. The molecule has 4 nitrogen and oxygen atoms in total. The molecule has 9 aromatic rings. The molecule has 0 amide bonds. The Balaban J connectivity index is 1.19. The van der Waals surface area contributed by atoms with Gasteiger partial charge in [-0.3, -0.25) is 9.97 Å². The molecule has 0 saturated heterocycles. The number of pyridine rings is 4. The van der Waals surface area contributed by atoms with Crippen molar-refractivity contribution in [3.63, 3.8) is 0 Å². The first-order chi connectivity index (χ1) is 24.5. The summed E-state index contributed by atoms with van der Waals surface area (Å²) in [6.07, 6.45) is 0. The average Bonchev–Trinajstić information content (AvgIpc) is 3.17. The molecule has 50 heavy (non-hydrogen) atoms. The van der Waals surface area contributed by atoms with Gasteiger partial charge in [-0.2, -0.15) is 0 Å². The highest BCUT2D eigenvalue weighted by Gasteiger charge is 2.33. The van der Waals surface area contributed by atoms with Gasteiger partial charge in [0, 0.05) is 49.5 Å². The van der Waals surface area contributed by atoms with E-state index in [1.54, 1.807) is 0 Å². The van der Waals surface area contributed by atoms with E-state index in [4.69, 9.17) is 19.9 Å².